The number of amides is 1. The lowest BCUT2D eigenvalue weighted by atomic mass is 9.95. The van der Waals surface area contributed by atoms with E-state index in [0.717, 1.165) is 17.7 Å². The fourth-order valence-electron chi connectivity index (χ4n) is 2.45. The van der Waals surface area contributed by atoms with Crippen molar-refractivity contribution in [2.24, 2.45) is 5.92 Å². The molecule has 5 nitrogen and oxygen atoms in total. The molecule has 0 fully saturated rings. The van der Waals surface area contributed by atoms with E-state index in [4.69, 9.17) is 9.84 Å². The van der Waals surface area contributed by atoms with E-state index in [-0.39, 0.29) is 18.4 Å². The normalized spacial score (nSPS) is 16.9. The van der Waals surface area contributed by atoms with E-state index in [1.54, 1.807) is 0 Å². The maximum absolute atomic E-state index is 12.4. The van der Waals surface area contributed by atoms with Gasteiger partial charge in [0.05, 0.1) is 5.92 Å². The summed E-state index contributed by atoms with van der Waals surface area (Å²) in [6, 6.07) is 7.64. The number of benzene rings is 1. The van der Waals surface area contributed by atoms with Crippen LogP contribution in [0.2, 0.25) is 0 Å². The lowest BCUT2D eigenvalue weighted by molar-refractivity contribution is -0.147. The van der Waals surface area contributed by atoms with Crippen LogP contribution in [0.25, 0.3) is 0 Å². The molecule has 1 aromatic rings. The summed E-state index contributed by atoms with van der Waals surface area (Å²) in [5.74, 6) is -0.597. The molecule has 1 unspecified atom stereocenters. The number of carbonyl (C=O) groups is 2. The Bertz CT molecular complexity index is 500. The lowest BCUT2D eigenvalue weighted by Crippen LogP contribution is -2.43. The quantitative estimate of drug-likeness (QED) is 0.887. The fraction of sp³-hybridized carbons (Fsp3) is 0.467. The van der Waals surface area contributed by atoms with E-state index < -0.39 is 5.97 Å². The summed E-state index contributed by atoms with van der Waals surface area (Å²) >= 11 is 0. The fourth-order valence-corrected chi connectivity index (χ4v) is 2.45. The molecule has 1 aliphatic rings. The van der Waals surface area contributed by atoms with Crippen molar-refractivity contribution in [1.29, 1.82) is 0 Å². The third kappa shape index (κ3) is 3.29. The van der Waals surface area contributed by atoms with Gasteiger partial charge in [0.2, 0.25) is 5.91 Å². The number of hydrogen-bond donors (Lipinski definition) is 1. The summed E-state index contributed by atoms with van der Waals surface area (Å²) in [6.45, 7) is 2.46. The minimum Gasteiger partial charge on any atom is -0.492 e. The Morgan fingerprint density at radius 3 is 2.85 bits per heavy atom. The van der Waals surface area contributed by atoms with Gasteiger partial charge >= 0.3 is 5.97 Å². The van der Waals surface area contributed by atoms with Crippen molar-refractivity contribution < 1.29 is 19.4 Å². The van der Waals surface area contributed by atoms with Gasteiger partial charge in [-0.3, -0.25) is 9.59 Å². The Morgan fingerprint density at radius 1 is 1.40 bits per heavy atom. The van der Waals surface area contributed by atoms with Crippen LogP contribution in [0, 0.1) is 5.92 Å². The van der Waals surface area contributed by atoms with Crippen molar-refractivity contribution in [3.8, 4) is 5.75 Å². The van der Waals surface area contributed by atoms with Crippen LogP contribution >= 0.6 is 0 Å². The van der Waals surface area contributed by atoms with E-state index in [0.29, 0.717) is 19.6 Å². The number of aliphatic carboxylic acids is 1. The molecule has 20 heavy (non-hydrogen) atoms. The van der Waals surface area contributed by atoms with Gasteiger partial charge in [0.25, 0.3) is 0 Å². The summed E-state index contributed by atoms with van der Waals surface area (Å²) in [5, 5.41) is 8.89. The van der Waals surface area contributed by atoms with Gasteiger partial charge in [0.15, 0.2) is 0 Å². The molecule has 1 aliphatic heterocycles. The van der Waals surface area contributed by atoms with E-state index >= 15 is 0 Å². The van der Waals surface area contributed by atoms with E-state index in [2.05, 4.69) is 0 Å². The van der Waals surface area contributed by atoms with E-state index in [9.17, 15) is 9.59 Å². The Hall–Kier alpha value is -2.04. The third-order valence-corrected chi connectivity index (χ3v) is 3.36. The number of hydrogen-bond acceptors (Lipinski definition) is 3. The van der Waals surface area contributed by atoms with Gasteiger partial charge < -0.3 is 14.7 Å². The summed E-state index contributed by atoms with van der Waals surface area (Å²) in [6.07, 6.45) is 1.35. The van der Waals surface area contributed by atoms with Gasteiger partial charge in [0, 0.05) is 6.54 Å². The number of ether oxygens (including phenoxy) is 1. The molecule has 5 heteroatoms. The van der Waals surface area contributed by atoms with E-state index in [1.807, 2.05) is 31.2 Å². The molecule has 0 saturated heterocycles. The summed E-state index contributed by atoms with van der Waals surface area (Å²) in [5.41, 5.74) is 1.00. The molecule has 0 bridgehead atoms. The number of nitrogens with zero attached hydrogens (tertiary/aromatic N) is 1. The first kappa shape index (κ1) is 14.4. The van der Waals surface area contributed by atoms with Crippen LogP contribution in [-0.2, 0) is 16.0 Å². The first-order valence-electron chi connectivity index (χ1n) is 6.83. The van der Waals surface area contributed by atoms with Crippen molar-refractivity contribution in [3.63, 3.8) is 0 Å². The molecule has 1 N–H and O–H groups in total. The zero-order chi connectivity index (χ0) is 14.5. The van der Waals surface area contributed by atoms with Crippen molar-refractivity contribution in [2.75, 3.05) is 19.7 Å². The Kier molecular flexibility index (Phi) is 4.61. The average molecular weight is 277 g/mol. The predicted octanol–water partition coefficient (Wildman–Crippen LogP) is 1.56. The van der Waals surface area contributed by atoms with Crippen molar-refractivity contribution in [3.05, 3.63) is 29.8 Å². The Morgan fingerprint density at radius 2 is 2.15 bits per heavy atom. The molecule has 0 saturated carbocycles. The molecule has 1 amide bonds. The number of rotatable bonds is 5. The van der Waals surface area contributed by atoms with Gasteiger partial charge in [-0.15, -0.1) is 0 Å². The number of fused-ring (bicyclic) bond motifs is 1. The van der Waals surface area contributed by atoms with Crippen LogP contribution < -0.4 is 4.74 Å². The minimum absolute atomic E-state index is 0.135. The van der Waals surface area contributed by atoms with Crippen LogP contribution in [0.3, 0.4) is 0 Å². The summed E-state index contributed by atoms with van der Waals surface area (Å²) in [4.78, 5) is 24.7. The molecule has 1 aromatic carbocycles. The second kappa shape index (κ2) is 6.41. The van der Waals surface area contributed by atoms with Crippen molar-refractivity contribution in [2.45, 2.75) is 19.8 Å². The standard InChI is InChI=1S/C15H19NO4/c1-2-7-16(9-14(17)18)15(19)12-8-11-5-3-4-6-13(11)20-10-12/h3-6,12H,2,7-10H2,1H3,(H,17,18). The number of carboxylic acid groups (broad SMARTS) is 1. The number of carboxylic acids is 1. The van der Waals surface area contributed by atoms with Gasteiger partial charge in [-0.1, -0.05) is 25.1 Å². The van der Waals surface area contributed by atoms with Gasteiger partial charge in [0.1, 0.15) is 18.9 Å². The van der Waals surface area contributed by atoms with Gasteiger partial charge in [-0.2, -0.15) is 0 Å². The Balaban J connectivity index is 2.07. The highest BCUT2D eigenvalue weighted by Crippen LogP contribution is 2.27. The van der Waals surface area contributed by atoms with Crippen LogP contribution in [0.4, 0.5) is 0 Å². The highest BCUT2D eigenvalue weighted by Gasteiger charge is 2.29. The zero-order valence-electron chi connectivity index (χ0n) is 11.5. The minimum atomic E-state index is -0.982. The third-order valence-electron chi connectivity index (χ3n) is 3.36. The number of para-hydroxylation sites is 1. The molecule has 0 spiro atoms. The molecule has 2 rings (SSSR count). The summed E-state index contributed by atoms with van der Waals surface area (Å²) in [7, 11) is 0. The molecular formula is C15H19NO4. The second-order valence-corrected chi connectivity index (χ2v) is 4.97. The van der Waals surface area contributed by atoms with Crippen LogP contribution in [0.15, 0.2) is 24.3 Å². The van der Waals surface area contributed by atoms with Gasteiger partial charge in [-0.05, 0) is 24.5 Å². The highest BCUT2D eigenvalue weighted by molar-refractivity contribution is 5.83. The molecule has 1 heterocycles. The monoisotopic (exact) mass is 277 g/mol. The lowest BCUT2D eigenvalue weighted by Gasteiger charge is -2.29. The maximum atomic E-state index is 12.4. The first-order valence-corrected chi connectivity index (χ1v) is 6.83. The summed E-state index contributed by atoms with van der Waals surface area (Å²) < 4.78 is 5.60. The van der Waals surface area contributed by atoms with Crippen molar-refractivity contribution >= 4 is 11.9 Å². The van der Waals surface area contributed by atoms with Crippen molar-refractivity contribution in [1.82, 2.24) is 4.90 Å². The molecule has 108 valence electrons. The molecular weight excluding hydrogens is 258 g/mol. The number of carbonyl (C=O) groups excluding carboxylic acids is 1. The molecule has 1 atom stereocenters. The molecule has 0 aromatic heterocycles. The Labute approximate surface area is 118 Å². The second-order valence-electron chi connectivity index (χ2n) is 4.97. The van der Waals surface area contributed by atoms with Crippen LogP contribution in [-0.4, -0.2) is 41.6 Å². The first-order chi connectivity index (χ1) is 9.61. The van der Waals surface area contributed by atoms with Gasteiger partial charge in [-0.25, -0.2) is 0 Å². The topological polar surface area (TPSA) is 66.8 Å². The van der Waals surface area contributed by atoms with E-state index in [1.165, 1.54) is 4.90 Å². The molecule has 0 aliphatic carbocycles. The molecule has 0 radical (unpaired) electrons. The van der Waals surface area contributed by atoms with Crippen LogP contribution in [0.1, 0.15) is 18.9 Å². The highest BCUT2D eigenvalue weighted by atomic mass is 16.5. The smallest absolute Gasteiger partial charge is 0.323 e. The SMILES string of the molecule is CCCN(CC(=O)O)C(=O)C1COc2ccccc2C1. The maximum Gasteiger partial charge on any atom is 0.323 e. The predicted molar refractivity (Wildman–Crippen MR) is 73.6 cm³/mol. The largest absolute Gasteiger partial charge is 0.492 e. The van der Waals surface area contributed by atoms with Crippen LogP contribution in [0.5, 0.6) is 5.75 Å². The zero-order valence-corrected chi connectivity index (χ0v) is 11.5. The average Bonchev–Trinajstić information content (AvgIpc) is 2.45.